The van der Waals surface area contributed by atoms with Crippen molar-refractivity contribution in [1.82, 2.24) is 14.3 Å². The molecule has 1 heterocycles. The zero-order chi connectivity index (χ0) is 12.9. The van der Waals surface area contributed by atoms with Gasteiger partial charge < -0.3 is 10.1 Å². The highest BCUT2D eigenvalue weighted by molar-refractivity contribution is 7.87. The van der Waals surface area contributed by atoms with Crippen molar-refractivity contribution in [3.8, 4) is 0 Å². The van der Waals surface area contributed by atoms with Crippen molar-refractivity contribution in [2.75, 3.05) is 26.7 Å². The molecule has 0 aromatic carbocycles. The molecular formula is C9H19N3O4S. The predicted molar refractivity (Wildman–Crippen MR) is 62.7 cm³/mol. The number of nitrogens with zero attached hydrogens (tertiary/aromatic N) is 1. The normalized spacial score (nSPS) is 18.9. The fourth-order valence-electron chi connectivity index (χ4n) is 1.72. The Hall–Kier alpha value is -0.860. The minimum absolute atomic E-state index is 0.142. The van der Waals surface area contributed by atoms with Crippen LogP contribution in [0, 0.1) is 0 Å². The summed E-state index contributed by atoms with van der Waals surface area (Å²) in [7, 11) is -1.90. The summed E-state index contributed by atoms with van der Waals surface area (Å²) in [5, 5.41) is 3.10. The Morgan fingerprint density at radius 2 is 2.00 bits per heavy atom. The van der Waals surface area contributed by atoms with E-state index >= 15 is 0 Å². The molecule has 0 aromatic heterocycles. The molecule has 17 heavy (non-hydrogen) atoms. The van der Waals surface area contributed by atoms with Crippen LogP contribution in [0.15, 0.2) is 0 Å². The van der Waals surface area contributed by atoms with Crippen LogP contribution in [-0.2, 0) is 14.9 Å². The Balaban J connectivity index is 2.51. The fourth-order valence-corrected chi connectivity index (χ4v) is 2.81. The van der Waals surface area contributed by atoms with Gasteiger partial charge in [0, 0.05) is 19.1 Å². The summed E-state index contributed by atoms with van der Waals surface area (Å²) in [6.45, 7) is 2.56. The standard InChI is InChI=1S/C9H19N3O4S/c1-3-16-9(13)11-17(14,15)12-6-4-8(10-2)5-7-12/h8,10H,3-7H2,1-2H3,(H,11,13). The van der Waals surface area contributed by atoms with Gasteiger partial charge in [-0.25, -0.2) is 9.52 Å². The fraction of sp³-hybridized carbons (Fsp3) is 0.889. The van der Waals surface area contributed by atoms with E-state index in [2.05, 4.69) is 10.1 Å². The van der Waals surface area contributed by atoms with Crippen LogP contribution in [0.4, 0.5) is 4.79 Å². The van der Waals surface area contributed by atoms with Crippen LogP contribution in [0.25, 0.3) is 0 Å². The second-order valence-electron chi connectivity index (χ2n) is 3.79. The summed E-state index contributed by atoms with van der Waals surface area (Å²) >= 11 is 0. The van der Waals surface area contributed by atoms with Gasteiger partial charge in [0.1, 0.15) is 0 Å². The van der Waals surface area contributed by atoms with Gasteiger partial charge in [-0.2, -0.15) is 12.7 Å². The van der Waals surface area contributed by atoms with Crippen LogP contribution in [0.5, 0.6) is 0 Å². The van der Waals surface area contributed by atoms with Crippen molar-refractivity contribution in [3.05, 3.63) is 0 Å². The SMILES string of the molecule is CCOC(=O)NS(=O)(=O)N1CCC(NC)CC1. The van der Waals surface area contributed by atoms with Crippen molar-refractivity contribution in [3.63, 3.8) is 0 Å². The van der Waals surface area contributed by atoms with Crippen LogP contribution in [0.2, 0.25) is 0 Å². The van der Waals surface area contributed by atoms with E-state index in [1.54, 1.807) is 6.92 Å². The zero-order valence-electron chi connectivity index (χ0n) is 10.1. The lowest BCUT2D eigenvalue weighted by Crippen LogP contribution is -2.49. The topological polar surface area (TPSA) is 87.7 Å². The van der Waals surface area contributed by atoms with Crippen LogP contribution >= 0.6 is 0 Å². The Kier molecular flexibility index (Phi) is 5.16. The second kappa shape index (κ2) is 6.18. The molecule has 0 aliphatic carbocycles. The van der Waals surface area contributed by atoms with Gasteiger partial charge in [0.05, 0.1) is 6.61 Å². The Labute approximate surface area is 102 Å². The molecule has 7 nitrogen and oxygen atoms in total. The summed E-state index contributed by atoms with van der Waals surface area (Å²) < 4.78 is 31.2. The monoisotopic (exact) mass is 265 g/mol. The smallest absolute Gasteiger partial charge is 0.421 e. The molecule has 1 fully saturated rings. The molecule has 1 aliphatic rings. The van der Waals surface area contributed by atoms with Gasteiger partial charge in [-0.3, -0.25) is 0 Å². The lowest BCUT2D eigenvalue weighted by molar-refractivity contribution is 0.157. The zero-order valence-corrected chi connectivity index (χ0v) is 10.9. The van der Waals surface area contributed by atoms with Gasteiger partial charge in [0.25, 0.3) is 0 Å². The van der Waals surface area contributed by atoms with Crippen molar-refractivity contribution < 1.29 is 17.9 Å². The van der Waals surface area contributed by atoms with E-state index in [4.69, 9.17) is 0 Å². The van der Waals surface area contributed by atoms with E-state index in [1.165, 1.54) is 4.31 Å². The molecule has 1 saturated heterocycles. The number of hydrogen-bond donors (Lipinski definition) is 2. The Morgan fingerprint density at radius 1 is 1.41 bits per heavy atom. The molecule has 1 aliphatic heterocycles. The molecular weight excluding hydrogens is 246 g/mol. The molecule has 0 aromatic rings. The summed E-state index contributed by atoms with van der Waals surface area (Å²) in [6, 6.07) is 0.337. The number of amides is 1. The lowest BCUT2D eigenvalue weighted by Gasteiger charge is -2.30. The largest absolute Gasteiger partial charge is 0.449 e. The second-order valence-corrected chi connectivity index (χ2v) is 5.46. The van der Waals surface area contributed by atoms with Crippen molar-refractivity contribution in [1.29, 1.82) is 0 Å². The van der Waals surface area contributed by atoms with Gasteiger partial charge in [-0.05, 0) is 26.8 Å². The molecule has 0 unspecified atom stereocenters. The van der Waals surface area contributed by atoms with Gasteiger partial charge in [0.2, 0.25) is 0 Å². The van der Waals surface area contributed by atoms with Crippen LogP contribution in [-0.4, -0.2) is 51.6 Å². The first-order valence-electron chi connectivity index (χ1n) is 5.61. The molecule has 8 heteroatoms. The maximum Gasteiger partial charge on any atom is 0.421 e. The highest BCUT2D eigenvalue weighted by atomic mass is 32.2. The molecule has 0 radical (unpaired) electrons. The van der Waals surface area contributed by atoms with Crippen LogP contribution < -0.4 is 10.0 Å². The number of carbonyl (C=O) groups is 1. The van der Waals surface area contributed by atoms with Crippen molar-refractivity contribution >= 4 is 16.3 Å². The molecule has 0 saturated carbocycles. The molecule has 2 N–H and O–H groups in total. The Morgan fingerprint density at radius 3 is 2.47 bits per heavy atom. The third-order valence-electron chi connectivity index (χ3n) is 2.69. The number of ether oxygens (including phenoxy) is 1. The number of carbonyl (C=O) groups excluding carboxylic acids is 1. The molecule has 1 rings (SSSR count). The van der Waals surface area contributed by atoms with E-state index in [0.717, 1.165) is 12.8 Å². The van der Waals surface area contributed by atoms with Gasteiger partial charge in [0.15, 0.2) is 0 Å². The molecule has 0 spiro atoms. The van der Waals surface area contributed by atoms with Gasteiger partial charge >= 0.3 is 16.3 Å². The number of rotatable bonds is 4. The average molecular weight is 265 g/mol. The molecule has 100 valence electrons. The van der Waals surface area contributed by atoms with E-state index in [1.807, 2.05) is 11.8 Å². The van der Waals surface area contributed by atoms with Gasteiger partial charge in [-0.15, -0.1) is 0 Å². The number of piperidine rings is 1. The summed E-state index contributed by atoms with van der Waals surface area (Å²) in [4.78, 5) is 11.1. The lowest BCUT2D eigenvalue weighted by atomic mass is 10.1. The van der Waals surface area contributed by atoms with E-state index in [9.17, 15) is 13.2 Å². The maximum atomic E-state index is 11.8. The summed E-state index contributed by atoms with van der Waals surface area (Å²) in [5.41, 5.74) is 0. The van der Waals surface area contributed by atoms with E-state index < -0.39 is 16.3 Å². The van der Waals surface area contributed by atoms with E-state index in [-0.39, 0.29) is 6.61 Å². The quantitative estimate of drug-likeness (QED) is 0.726. The minimum Gasteiger partial charge on any atom is -0.449 e. The highest BCUT2D eigenvalue weighted by Crippen LogP contribution is 2.12. The van der Waals surface area contributed by atoms with Crippen LogP contribution in [0.1, 0.15) is 19.8 Å². The van der Waals surface area contributed by atoms with Crippen molar-refractivity contribution in [2.45, 2.75) is 25.8 Å². The van der Waals surface area contributed by atoms with Crippen LogP contribution in [0.3, 0.4) is 0 Å². The van der Waals surface area contributed by atoms with Gasteiger partial charge in [-0.1, -0.05) is 0 Å². The molecule has 0 atom stereocenters. The maximum absolute atomic E-state index is 11.8. The first-order chi connectivity index (χ1) is 7.99. The Bertz CT molecular complexity index is 349. The number of nitrogens with one attached hydrogen (secondary N) is 2. The minimum atomic E-state index is -3.76. The highest BCUT2D eigenvalue weighted by Gasteiger charge is 2.28. The molecule has 0 bridgehead atoms. The summed E-state index contributed by atoms with van der Waals surface area (Å²) in [5.74, 6) is 0. The molecule has 1 amide bonds. The first-order valence-corrected chi connectivity index (χ1v) is 7.05. The third kappa shape index (κ3) is 4.14. The first kappa shape index (κ1) is 14.2. The number of hydrogen-bond acceptors (Lipinski definition) is 5. The van der Waals surface area contributed by atoms with E-state index in [0.29, 0.717) is 19.1 Å². The average Bonchev–Trinajstić information content (AvgIpc) is 2.28. The third-order valence-corrected chi connectivity index (χ3v) is 4.16. The predicted octanol–water partition coefficient (Wildman–Crippen LogP) is -0.339. The summed E-state index contributed by atoms with van der Waals surface area (Å²) in [6.07, 6.45) is 0.545. The van der Waals surface area contributed by atoms with Crippen molar-refractivity contribution in [2.24, 2.45) is 0 Å².